The summed E-state index contributed by atoms with van der Waals surface area (Å²) in [6.07, 6.45) is 4.01. The lowest BCUT2D eigenvalue weighted by Crippen LogP contribution is -2.04. The van der Waals surface area contributed by atoms with Crippen LogP contribution in [-0.4, -0.2) is 9.78 Å². The Morgan fingerprint density at radius 3 is 3.07 bits per heavy atom. The summed E-state index contributed by atoms with van der Waals surface area (Å²) in [6, 6.07) is 2.39. The molecule has 80 valence electrons. The van der Waals surface area contributed by atoms with Gasteiger partial charge in [0.2, 0.25) is 0 Å². The third kappa shape index (κ3) is 2.39. The minimum Gasteiger partial charge on any atom is -0.378 e. The molecular weight excluding hydrogens is 206 g/mol. The predicted octanol–water partition coefficient (Wildman–Crippen LogP) is 3.14. The van der Waals surface area contributed by atoms with Gasteiger partial charge in [0.25, 0.3) is 0 Å². The molecule has 15 heavy (non-hydrogen) atoms. The van der Waals surface area contributed by atoms with Gasteiger partial charge in [0.1, 0.15) is 0 Å². The number of aryl methyl sites for hydroxylation is 1. The van der Waals surface area contributed by atoms with Gasteiger partial charge in [0.15, 0.2) is 0 Å². The molecule has 0 aliphatic heterocycles. The summed E-state index contributed by atoms with van der Waals surface area (Å²) in [5.41, 5.74) is 2.40. The van der Waals surface area contributed by atoms with E-state index in [0.717, 1.165) is 6.54 Å². The summed E-state index contributed by atoms with van der Waals surface area (Å²) >= 11 is 1.70. The van der Waals surface area contributed by atoms with Gasteiger partial charge in [-0.15, -0.1) is 0 Å². The summed E-state index contributed by atoms with van der Waals surface area (Å²) in [4.78, 5) is 0. The van der Waals surface area contributed by atoms with Gasteiger partial charge in [-0.1, -0.05) is 0 Å². The minimum absolute atomic E-state index is 0.305. The first-order valence-electron chi connectivity index (χ1n) is 5.10. The van der Waals surface area contributed by atoms with Gasteiger partial charge >= 0.3 is 0 Å². The fraction of sp³-hybridized carbons (Fsp3) is 0.364. The number of hydrogen-bond acceptors (Lipinski definition) is 3. The Kier molecular flexibility index (Phi) is 3.06. The number of aromatic nitrogens is 2. The van der Waals surface area contributed by atoms with Gasteiger partial charge in [-0.2, -0.15) is 16.4 Å². The van der Waals surface area contributed by atoms with E-state index >= 15 is 0 Å². The molecule has 1 N–H and O–H groups in total. The van der Waals surface area contributed by atoms with E-state index in [9.17, 15) is 0 Å². The first kappa shape index (κ1) is 10.2. The van der Waals surface area contributed by atoms with E-state index in [-0.39, 0.29) is 0 Å². The number of nitrogens with one attached hydrogen (secondary N) is 1. The second-order valence-electron chi connectivity index (χ2n) is 3.51. The number of rotatable bonds is 4. The molecule has 0 aliphatic rings. The van der Waals surface area contributed by atoms with Crippen LogP contribution in [0.3, 0.4) is 0 Å². The Balaban J connectivity index is 2.04. The third-order valence-corrected chi connectivity index (χ3v) is 3.06. The Hall–Kier alpha value is -1.29. The monoisotopic (exact) mass is 221 g/mol. The molecule has 0 aromatic carbocycles. The summed E-state index contributed by atoms with van der Waals surface area (Å²) in [5.74, 6) is 0. The molecule has 0 fully saturated rings. The Morgan fingerprint density at radius 2 is 2.47 bits per heavy atom. The lowest BCUT2D eigenvalue weighted by Gasteiger charge is -2.11. The van der Waals surface area contributed by atoms with Gasteiger partial charge in [-0.25, -0.2) is 0 Å². The summed E-state index contributed by atoms with van der Waals surface area (Å²) in [5, 5.41) is 11.9. The quantitative estimate of drug-likeness (QED) is 0.859. The second kappa shape index (κ2) is 4.49. The normalized spacial score (nSPS) is 12.7. The molecule has 0 saturated heterocycles. The van der Waals surface area contributed by atoms with Crippen molar-refractivity contribution in [2.45, 2.75) is 26.4 Å². The van der Waals surface area contributed by atoms with Gasteiger partial charge in [-0.05, 0) is 25.3 Å². The van der Waals surface area contributed by atoms with E-state index in [2.05, 4.69) is 47.3 Å². The molecule has 2 aromatic heterocycles. The van der Waals surface area contributed by atoms with Crippen LogP contribution in [0.2, 0.25) is 0 Å². The van der Waals surface area contributed by atoms with E-state index in [0.29, 0.717) is 6.04 Å². The topological polar surface area (TPSA) is 29.9 Å². The highest BCUT2D eigenvalue weighted by atomic mass is 32.1. The van der Waals surface area contributed by atoms with E-state index in [4.69, 9.17) is 0 Å². The third-order valence-electron chi connectivity index (χ3n) is 2.38. The zero-order valence-corrected chi connectivity index (χ0v) is 9.79. The molecule has 2 aromatic rings. The number of anilines is 1. The van der Waals surface area contributed by atoms with Crippen molar-refractivity contribution in [1.29, 1.82) is 0 Å². The largest absolute Gasteiger partial charge is 0.378 e. The highest BCUT2D eigenvalue weighted by Gasteiger charge is 2.07. The van der Waals surface area contributed by atoms with Crippen LogP contribution < -0.4 is 5.32 Å². The average molecular weight is 221 g/mol. The summed E-state index contributed by atoms with van der Waals surface area (Å²) < 4.78 is 1.95. The Morgan fingerprint density at radius 1 is 1.60 bits per heavy atom. The molecule has 0 radical (unpaired) electrons. The van der Waals surface area contributed by atoms with Crippen molar-refractivity contribution in [2.24, 2.45) is 0 Å². The molecule has 0 aliphatic carbocycles. The van der Waals surface area contributed by atoms with Crippen LogP contribution in [0.15, 0.2) is 29.2 Å². The van der Waals surface area contributed by atoms with Crippen LogP contribution in [0, 0.1) is 0 Å². The van der Waals surface area contributed by atoms with Gasteiger partial charge < -0.3 is 5.32 Å². The zero-order valence-electron chi connectivity index (χ0n) is 8.97. The molecule has 0 bridgehead atoms. The smallest absolute Gasteiger partial charge is 0.0542 e. The van der Waals surface area contributed by atoms with Crippen molar-refractivity contribution in [3.8, 4) is 0 Å². The standard InChI is InChI=1S/C11H15N3S/c1-3-14-7-10(6-12-14)9(2)13-11-4-5-15-8-11/h4-9,13H,3H2,1-2H3. The first-order chi connectivity index (χ1) is 7.29. The van der Waals surface area contributed by atoms with Crippen LogP contribution in [0.25, 0.3) is 0 Å². The van der Waals surface area contributed by atoms with Crippen molar-refractivity contribution in [3.05, 3.63) is 34.8 Å². The summed E-state index contributed by atoms with van der Waals surface area (Å²) in [6.45, 7) is 5.16. The van der Waals surface area contributed by atoms with E-state index < -0.39 is 0 Å². The summed E-state index contributed by atoms with van der Waals surface area (Å²) in [7, 11) is 0. The second-order valence-corrected chi connectivity index (χ2v) is 4.29. The maximum Gasteiger partial charge on any atom is 0.0542 e. The molecule has 0 spiro atoms. The van der Waals surface area contributed by atoms with Crippen molar-refractivity contribution >= 4 is 17.0 Å². The van der Waals surface area contributed by atoms with Crippen molar-refractivity contribution in [3.63, 3.8) is 0 Å². The lowest BCUT2D eigenvalue weighted by atomic mass is 10.2. The Bertz CT molecular complexity index is 405. The van der Waals surface area contributed by atoms with Crippen LogP contribution in [0.4, 0.5) is 5.69 Å². The van der Waals surface area contributed by atoms with E-state index in [1.165, 1.54) is 11.3 Å². The van der Waals surface area contributed by atoms with Crippen molar-refractivity contribution < 1.29 is 0 Å². The number of thiophene rings is 1. The highest BCUT2D eigenvalue weighted by Crippen LogP contribution is 2.20. The molecule has 0 amide bonds. The van der Waals surface area contributed by atoms with E-state index in [1.807, 2.05) is 10.9 Å². The SMILES string of the molecule is CCn1cc(C(C)Nc2ccsc2)cn1. The average Bonchev–Trinajstić information content (AvgIpc) is 2.86. The maximum atomic E-state index is 4.26. The van der Waals surface area contributed by atoms with Gasteiger partial charge in [0.05, 0.1) is 12.2 Å². The zero-order chi connectivity index (χ0) is 10.7. The van der Waals surface area contributed by atoms with Crippen LogP contribution in [0.1, 0.15) is 25.5 Å². The van der Waals surface area contributed by atoms with Gasteiger partial charge in [0, 0.05) is 29.4 Å². The molecular formula is C11H15N3S. The van der Waals surface area contributed by atoms with Crippen LogP contribution in [-0.2, 0) is 6.54 Å². The molecule has 2 rings (SSSR count). The van der Waals surface area contributed by atoms with Crippen molar-refractivity contribution in [2.75, 3.05) is 5.32 Å². The molecule has 1 unspecified atom stereocenters. The molecule has 4 heteroatoms. The van der Waals surface area contributed by atoms with Crippen LogP contribution in [0.5, 0.6) is 0 Å². The number of hydrogen-bond donors (Lipinski definition) is 1. The van der Waals surface area contributed by atoms with E-state index in [1.54, 1.807) is 11.3 Å². The fourth-order valence-corrected chi connectivity index (χ4v) is 2.05. The molecule has 2 heterocycles. The van der Waals surface area contributed by atoms with Gasteiger partial charge in [-0.3, -0.25) is 4.68 Å². The Labute approximate surface area is 93.7 Å². The lowest BCUT2D eigenvalue weighted by molar-refractivity contribution is 0.658. The first-order valence-corrected chi connectivity index (χ1v) is 6.05. The molecule has 0 saturated carbocycles. The van der Waals surface area contributed by atoms with Crippen molar-refractivity contribution in [1.82, 2.24) is 9.78 Å². The minimum atomic E-state index is 0.305. The fourth-order valence-electron chi connectivity index (χ4n) is 1.46. The molecule has 1 atom stereocenters. The number of nitrogens with zero attached hydrogens (tertiary/aromatic N) is 2. The maximum absolute atomic E-state index is 4.26. The predicted molar refractivity (Wildman–Crippen MR) is 64.3 cm³/mol. The highest BCUT2D eigenvalue weighted by molar-refractivity contribution is 7.08. The molecule has 3 nitrogen and oxygen atoms in total. The van der Waals surface area contributed by atoms with Crippen LogP contribution >= 0.6 is 11.3 Å².